The molecule has 0 spiro atoms. The molecule has 0 aromatic carbocycles. The minimum atomic E-state index is -0.0732. The fourth-order valence-electron chi connectivity index (χ4n) is 1.92. The van der Waals surface area contributed by atoms with E-state index in [1.54, 1.807) is 0 Å². The summed E-state index contributed by atoms with van der Waals surface area (Å²) in [7, 11) is 0. The van der Waals surface area contributed by atoms with Crippen molar-refractivity contribution in [1.82, 2.24) is 15.1 Å². The zero-order valence-corrected chi connectivity index (χ0v) is 12.9. The molecule has 3 rings (SSSR count). The van der Waals surface area contributed by atoms with Crippen molar-refractivity contribution in [3.63, 3.8) is 0 Å². The minimum Gasteiger partial charge on any atom is -0.339 e. The third-order valence-electron chi connectivity index (χ3n) is 3.33. The van der Waals surface area contributed by atoms with Crippen molar-refractivity contribution in [3.8, 4) is 0 Å². The van der Waals surface area contributed by atoms with Crippen LogP contribution in [0.1, 0.15) is 62.4 Å². The van der Waals surface area contributed by atoms with Crippen LogP contribution in [-0.4, -0.2) is 21.0 Å². The lowest BCUT2D eigenvalue weighted by Crippen LogP contribution is -2.12. The number of anilines is 1. The third kappa shape index (κ3) is 3.66. The molecule has 0 radical (unpaired) electrons. The highest BCUT2D eigenvalue weighted by molar-refractivity contribution is 7.13. The Morgan fingerprint density at radius 2 is 2.29 bits per heavy atom. The Morgan fingerprint density at radius 3 is 2.95 bits per heavy atom. The Morgan fingerprint density at radius 1 is 1.48 bits per heavy atom. The number of amides is 1. The van der Waals surface area contributed by atoms with Crippen molar-refractivity contribution in [2.45, 2.75) is 51.4 Å². The monoisotopic (exact) mass is 306 g/mol. The maximum Gasteiger partial charge on any atom is 0.227 e. The molecule has 0 unspecified atom stereocenters. The highest BCUT2D eigenvalue weighted by atomic mass is 32.1. The second-order valence-electron chi connectivity index (χ2n) is 5.60. The first-order chi connectivity index (χ1) is 10.1. The van der Waals surface area contributed by atoms with Crippen molar-refractivity contribution in [3.05, 3.63) is 22.8 Å². The average Bonchev–Trinajstić information content (AvgIpc) is 3.00. The van der Waals surface area contributed by atoms with E-state index in [9.17, 15) is 4.79 Å². The van der Waals surface area contributed by atoms with Gasteiger partial charge in [0.25, 0.3) is 0 Å². The molecule has 0 bridgehead atoms. The molecule has 1 amide bonds. The molecule has 1 fully saturated rings. The summed E-state index contributed by atoms with van der Waals surface area (Å²) in [5.41, 5.74) is 1.11. The van der Waals surface area contributed by atoms with Gasteiger partial charge in [-0.25, -0.2) is 4.98 Å². The number of carbonyl (C=O) groups excluding carboxylic acids is 1. The molecule has 0 saturated heterocycles. The molecule has 1 aliphatic carbocycles. The van der Waals surface area contributed by atoms with E-state index in [0.29, 0.717) is 35.6 Å². The van der Waals surface area contributed by atoms with Crippen LogP contribution in [0.3, 0.4) is 0 Å². The number of thiazole rings is 1. The van der Waals surface area contributed by atoms with Gasteiger partial charge in [0, 0.05) is 30.1 Å². The molecule has 112 valence electrons. The van der Waals surface area contributed by atoms with Crippen molar-refractivity contribution in [2.24, 2.45) is 0 Å². The van der Waals surface area contributed by atoms with Gasteiger partial charge in [-0.2, -0.15) is 4.98 Å². The van der Waals surface area contributed by atoms with Crippen LogP contribution < -0.4 is 5.32 Å². The quantitative estimate of drug-likeness (QED) is 0.887. The van der Waals surface area contributed by atoms with Gasteiger partial charge in [0.05, 0.1) is 5.69 Å². The van der Waals surface area contributed by atoms with Crippen molar-refractivity contribution in [2.75, 3.05) is 5.32 Å². The maximum atomic E-state index is 11.9. The van der Waals surface area contributed by atoms with E-state index in [4.69, 9.17) is 4.52 Å². The summed E-state index contributed by atoms with van der Waals surface area (Å²) in [5.74, 6) is 1.95. The lowest BCUT2D eigenvalue weighted by atomic mass is 10.2. The predicted molar refractivity (Wildman–Crippen MR) is 79.4 cm³/mol. The molecule has 6 nitrogen and oxygen atoms in total. The van der Waals surface area contributed by atoms with Crippen LogP contribution in [0.5, 0.6) is 0 Å². The summed E-state index contributed by atoms with van der Waals surface area (Å²) in [4.78, 5) is 20.6. The zero-order valence-electron chi connectivity index (χ0n) is 12.1. The Kier molecular flexibility index (Phi) is 4.01. The molecular formula is C14H18N4O2S. The molecule has 21 heavy (non-hydrogen) atoms. The Balaban J connectivity index is 1.48. The molecular weight excluding hydrogens is 288 g/mol. The maximum absolute atomic E-state index is 11.9. The molecule has 1 saturated carbocycles. The van der Waals surface area contributed by atoms with Gasteiger partial charge in [-0.15, -0.1) is 11.3 Å². The van der Waals surface area contributed by atoms with E-state index in [1.807, 2.05) is 19.2 Å². The normalized spacial score (nSPS) is 14.6. The highest BCUT2D eigenvalue weighted by Crippen LogP contribution is 2.40. The number of nitrogens with one attached hydrogen (secondary N) is 1. The van der Waals surface area contributed by atoms with Gasteiger partial charge in [0.15, 0.2) is 11.0 Å². The molecule has 2 aromatic heterocycles. The summed E-state index contributed by atoms with van der Waals surface area (Å²) < 4.78 is 5.12. The van der Waals surface area contributed by atoms with Crippen LogP contribution in [0.25, 0.3) is 0 Å². The number of nitrogens with zero attached hydrogens (tertiary/aromatic N) is 3. The number of rotatable bonds is 6. The lowest BCUT2D eigenvalue weighted by Gasteiger charge is -1.99. The molecule has 0 aliphatic heterocycles. The SMILES string of the molecule is CC(C)c1noc(CCC(=O)Nc2nc(C3CC3)cs2)n1. The van der Waals surface area contributed by atoms with Gasteiger partial charge >= 0.3 is 0 Å². The first-order valence-electron chi connectivity index (χ1n) is 7.19. The summed E-state index contributed by atoms with van der Waals surface area (Å²) >= 11 is 1.48. The lowest BCUT2D eigenvalue weighted by molar-refractivity contribution is -0.116. The third-order valence-corrected chi connectivity index (χ3v) is 4.11. The fraction of sp³-hybridized carbons (Fsp3) is 0.571. The zero-order chi connectivity index (χ0) is 14.8. The Bertz CT molecular complexity index is 630. The average molecular weight is 306 g/mol. The summed E-state index contributed by atoms with van der Waals surface area (Å²) in [6, 6.07) is 0. The standard InChI is InChI=1S/C14H18N4O2S/c1-8(2)13-17-12(20-18-13)6-5-11(19)16-14-15-10(7-21-14)9-3-4-9/h7-9H,3-6H2,1-2H3,(H,15,16,19). The van der Waals surface area contributed by atoms with Gasteiger partial charge in [0.2, 0.25) is 11.8 Å². The van der Waals surface area contributed by atoms with Crippen LogP contribution in [-0.2, 0) is 11.2 Å². The summed E-state index contributed by atoms with van der Waals surface area (Å²) in [6.07, 6.45) is 3.20. The van der Waals surface area contributed by atoms with E-state index in [1.165, 1.54) is 24.2 Å². The molecule has 7 heteroatoms. The van der Waals surface area contributed by atoms with E-state index >= 15 is 0 Å². The van der Waals surface area contributed by atoms with E-state index < -0.39 is 0 Å². The molecule has 2 aromatic rings. The number of hydrogen-bond acceptors (Lipinski definition) is 6. The van der Waals surface area contributed by atoms with Crippen LogP contribution in [0, 0.1) is 0 Å². The number of aryl methyl sites for hydroxylation is 1. The van der Waals surface area contributed by atoms with Crippen molar-refractivity contribution < 1.29 is 9.32 Å². The van der Waals surface area contributed by atoms with Crippen LogP contribution in [0.4, 0.5) is 5.13 Å². The number of aromatic nitrogens is 3. The van der Waals surface area contributed by atoms with Gasteiger partial charge in [-0.1, -0.05) is 19.0 Å². The molecule has 1 N–H and O–H groups in total. The van der Waals surface area contributed by atoms with E-state index in [2.05, 4.69) is 20.4 Å². The second-order valence-corrected chi connectivity index (χ2v) is 6.46. The van der Waals surface area contributed by atoms with Crippen LogP contribution in [0.15, 0.2) is 9.90 Å². The Hall–Kier alpha value is -1.76. The largest absolute Gasteiger partial charge is 0.339 e. The fourth-order valence-corrected chi connectivity index (χ4v) is 2.72. The van der Waals surface area contributed by atoms with Gasteiger partial charge in [-0.05, 0) is 12.8 Å². The summed E-state index contributed by atoms with van der Waals surface area (Å²) in [6.45, 7) is 4.00. The molecule has 1 aliphatic rings. The van der Waals surface area contributed by atoms with Crippen LogP contribution in [0.2, 0.25) is 0 Å². The first-order valence-corrected chi connectivity index (χ1v) is 8.07. The summed E-state index contributed by atoms with van der Waals surface area (Å²) in [5, 5.41) is 9.41. The van der Waals surface area contributed by atoms with Crippen molar-refractivity contribution in [1.29, 1.82) is 0 Å². The van der Waals surface area contributed by atoms with Crippen LogP contribution >= 0.6 is 11.3 Å². The van der Waals surface area contributed by atoms with E-state index in [0.717, 1.165) is 5.69 Å². The molecule has 2 heterocycles. The predicted octanol–water partition coefficient (Wildman–Crippen LogP) is 3.10. The van der Waals surface area contributed by atoms with Gasteiger partial charge < -0.3 is 9.84 Å². The van der Waals surface area contributed by atoms with Gasteiger partial charge in [0.1, 0.15) is 0 Å². The minimum absolute atomic E-state index is 0.0732. The number of hydrogen-bond donors (Lipinski definition) is 1. The first kappa shape index (κ1) is 14.2. The van der Waals surface area contributed by atoms with Crippen molar-refractivity contribution >= 4 is 22.4 Å². The Labute approximate surface area is 127 Å². The molecule has 0 atom stereocenters. The highest BCUT2D eigenvalue weighted by Gasteiger charge is 2.26. The van der Waals surface area contributed by atoms with Gasteiger partial charge in [-0.3, -0.25) is 4.79 Å². The second kappa shape index (κ2) is 5.93. The smallest absolute Gasteiger partial charge is 0.227 e. The number of carbonyl (C=O) groups is 1. The topological polar surface area (TPSA) is 80.9 Å². The van der Waals surface area contributed by atoms with E-state index in [-0.39, 0.29) is 11.8 Å².